The number of carbonyl (C=O) groups excluding carboxylic acids is 1. The van der Waals surface area contributed by atoms with Crippen molar-refractivity contribution < 1.29 is 18.0 Å². The third kappa shape index (κ3) is 3.57. The van der Waals surface area contributed by atoms with Crippen LogP contribution in [-0.4, -0.2) is 51.9 Å². The van der Waals surface area contributed by atoms with Crippen LogP contribution in [0.15, 0.2) is 36.7 Å². The highest BCUT2D eigenvalue weighted by molar-refractivity contribution is 7.18. The molecular weight excluding hydrogens is 379 g/mol. The fourth-order valence-electron chi connectivity index (χ4n) is 2.93. The van der Waals surface area contributed by atoms with E-state index >= 15 is 0 Å². The zero-order valence-electron chi connectivity index (χ0n) is 14.0. The van der Waals surface area contributed by atoms with Gasteiger partial charge in [0, 0.05) is 44.1 Å². The summed E-state index contributed by atoms with van der Waals surface area (Å²) in [6, 6.07) is 6.21. The van der Waals surface area contributed by atoms with E-state index in [-0.39, 0.29) is 11.4 Å². The zero-order chi connectivity index (χ0) is 19.0. The average Bonchev–Trinajstić information content (AvgIpc) is 3.12. The Labute approximate surface area is 156 Å². The molecule has 1 amide bonds. The second-order valence-electron chi connectivity index (χ2n) is 6.03. The van der Waals surface area contributed by atoms with Gasteiger partial charge in [-0.2, -0.15) is 13.2 Å². The molecule has 27 heavy (non-hydrogen) atoms. The number of anilines is 1. The lowest BCUT2D eigenvalue weighted by Crippen LogP contribution is -2.49. The highest BCUT2D eigenvalue weighted by atomic mass is 32.1. The third-order valence-corrected chi connectivity index (χ3v) is 5.34. The lowest BCUT2D eigenvalue weighted by atomic mass is 10.1. The van der Waals surface area contributed by atoms with Gasteiger partial charge in [-0.05, 0) is 24.3 Å². The van der Waals surface area contributed by atoms with E-state index in [2.05, 4.69) is 15.0 Å². The number of nitrogens with zero attached hydrogens (tertiary/aromatic N) is 5. The number of hydrogen-bond donors (Lipinski definition) is 0. The Bertz CT molecular complexity index is 968. The van der Waals surface area contributed by atoms with Crippen molar-refractivity contribution in [3.63, 3.8) is 0 Å². The van der Waals surface area contributed by atoms with Crippen LogP contribution in [0.25, 0.3) is 10.2 Å². The summed E-state index contributed by atoms with van der Waals surface area (Å²) in [5, 5.41) is -0.904. The standard InChI is InChI=1S/C17H14F3N5OS/c18-17(19,20)15-23-12-3-2-11(10-13(12)27-15)14(26)24-6-8-25(9-7-24)16-21-4-1-5-22-16/h1-5,10H,6-9H2. The Hall–Kier alpha value is -2.75. The number of alkyl halides is 3. The topological polar surface area (TPSA) is 62.2 Å². The van der Waals surface area contributed by atoms with Gasteiger partial charge in [0.05, 0.1) is 10.2 Å². The lowest BCUT2D eigenvalue weighted by molar-refractivity contribution is -0.137. The Morgan fingerprint density at radius 3 is 2.44 bits per heavy atom. The summed E-state index contributed by atoms with van der Waals surface area (Å²) in [6.07, 6.45) is -1.15. The van der Waals surface area contributed by atoms with Crippen molar-refractivity contribution in [2.75, 3.05) is 31.1 Å². The number of fused-ring (bicyclic) bond motifs is 1. The van der Waals surface area contributed by atoms with Crippen LogP contribution < -0.4 is 4.90 Å². The average molecular weight is 393 g/mol. The van der Waals surface area contributed by atoms with E-state index in [0.717, 1.165) is 0 Å². The Kier molecular flexibility index (Phi) is 4.42. The van der Waals surface area contributed by atoms with Gasteiger partial charge in [0.15, 0.2) is 5.01 Å². The van der Waals surface area contributed by atoms with Crippen LogP contribution >= 0.6 is 11.3 Å². The summed E-state index contributed by atoms with van der Waals surface area (Å²) in [7, 11) is 0. The Morgan fingerprint density at radius 1 is 1.07 bits per heavy atom. The van der Waals surface area contributed by atoms with Gasteiger partial charge in [-0.15, -0.1) is 11.3 Å². The summed E-state index contributed by atoms with van der Waals surface area (Å²) in [5.74, 6) is 0.419. The van der Waals surface area contributed by atoms with Crippen LogP contribution in [0.4, 0.5) is 19.1 Å². The molecular formula is C17H14F3N5OS. The number of carbonyl (C=O) groups is 1. The van der Waals surface area contributed by atoms with E-state index in [0.29, 0.717) is 53.7 Å². The molecule has 2 aromatic heterocycles. The molecule has 0 saturated carbocycles. The molecule has 0 spiro atoms. The minimum atomic E-state index is -4.48. The van der Waals surface area contributed by atoms with Crippen LogP contribution in [0.3, 0.4) is 0 Å². The number of rotatable bonds is 2. The molecule has 0 unspecified atom stereocenters. The van der Waals surface area contributed by atoms with Crippen molar-refractivity contribution in [2.45, 2.75) is 6.18 Å². The van der Waals surface area contributed by atoms with E-state index in [1.807, 2.05) is 4.90 Å². The molecule has 1 fully saturated rings. The molecule has 3 aromatic rings. The molecule has 4 rings (SSSR count). The molecule has 3 heterocycles. The van der Waals surface area contributed by atoms with Crippen molar-refractivity contribution in [2.24, 2.45) is 0 Å². The second-order valence-corrected chi connectivity index (χ2v) is 7.06. The van der Waals surface area contributed by atoms with Crippen molar-refractivity contribution in [1.82, 2.24) is 19.9 Å². The normalized spacial score (nSPS) is 15.4. The minimum Gasteiger partial charge on any atom is -0.337 e. The van der Waals surface area contributed by atoms with Crippen LogP contribution in [0, 0.1) is 0 Å². The largest absolute Gasteiger partial charge is 0.443 e. The molecule has 0 radical (unpaired) electrons. The van der Waals surface area contributed by atoms with E-state index in [9.17, 15) is 18.0 Å². The van der Waals surface area contributed by atoms with Gasteiger partial charge in [0.1, 0.15) is 0 Å². The van der Waals surface area contributed by atoms with E-state index < -0.39 is 11.2 Å². The maximum Gasteiger partial charge on any atom is 0.443 e. The van der Waals surface area contributed by atoms with Crippen molar-refractivity contribution in [1.29, 1.82) is 0 Å². The Morgan fingerprint density at radius 2 is 1.78 bits per heavy atom. The first kappa shape index (κ1) is 17.7. The third-order valence-electron chi connectivity index (χ3n) is 4.28. The summed E-state index contributed by atoms with van der Waals surface area (Å²) in [4.78, 5) is 28.4. The van der Waals surface area contributed by atoms with Gasteiger partial charge in [0.2, 0.25) is 5.95 Å². The molecule has 1 saturated heterocycles. The predicted molar refractivity (Wildman–Crippen MR) is 94.8 cm³/mol. The van der Waals surface area contributed by atoms with Gasteiger partial charge in [-0.3, -0.25) is 4.79 Å². The number of amides is 1. The molecule has 140 valence electrons. The molecule has 0 aliphatic carbocycles. The van der Waals surface area contributed by atoms with Gasteiger partial charge in [-0.1, -0.05) is 0 Å². The first-order valence-corrected chi connectivity index (χ1v) is 9.02. The van der Waals surface area contributed by atoms with Gasteiger partial charge >= 0.3 is 6.18 Å². The highest BCUT2D eigenvalue weighted by Gasteiger charge is 2.35. The lowest BCUT2D eigenvalue weighted by Gasteiger charge is -2.34. The molecule has 10 heteroatoms. The quantitative estimate of drug-likeness (QED) is 0.670. The number of piperazine rings is 1. The van der Waals surface area contributed by atoms with Gasteiger partial charge < -0.3 is 9.80 Å². The molecule has 1 aromatic carbocycles. The fraction of sp³-hybridized carbons (Fsp3) is 0.294. The van der Waals surface area contributed by atoms with Crippen LogP contribution in [0.2, 0.25) is 0 Å². The van der Waals surface area contributed by atoms with E-state index in [4.69, 9.17) is 0 Å². The molecule has 0 bridgehead atoms. The van der Waals surface area contributed by atoms with Crippen molar-refractivity contribution >= 4 is 33.4 Å². The van der Waals surface area contributed by atoms with Crippen LogP contribution in [-0.2, 0) is 6.18 Å². The maximum absolute atomic E-state index is 12.8. The van der Waals surface area contributed by atoms with E-state index in [1.165, 1.54) is 18.2 Å². The summed E-state index contributed by atoms with van der Waals surface area (Å²) < 4.78 is 38.8. The highest BCUT2D eigenvalue weighted by Crippen LogP contribution is 2.35. The molecule has 1 aliphatic rings. The minimum absolute atomic E-state index is 0.201. The maximum atomic E-state index is 12.8. The summed E-state index contributed by atoms with van der Waals surface area (Å²) in [6.45, 7) is 2.17. The number of aromatic nitrogens is 3. The Balaban J connectivity index is 1.48. The van der Waals surface area contributed by atoms with Gasteiger partial charge in [-0.25, -0.2) is 15.0 Å². The SMILES string of the molecule is O=C(c1ccc2nc(C(F)(F)F)sc2c1)N1CCN(c2ncccn2)CC1. The molecule has 1 aliphatic heterocycles. The first-order chi connectivity index (χ1) is 12.9. The second kappa shape index (κ2) is 6.76. The monoisotopic (exact) mass is 393 g/mol. The molecule has 0 N–H and O–H groups in total. The van der Waals surface area contributed by atoms with Crippen molar-refractivity contribution in [3.05, 3.63) is 47.2 Å². The fourth-order valence-corrected chi connectivity index (χ4v) is 3.80. The number of benzene rings is 1. The van der Waals surface area contributed by atoms with Crippen LogP contribution in [0.5, 0.6) is 0 Å². The summed E-state index contributed by atoms with van der Waals surface area (Å²) >= 11 is 0.549. The van der Waals surface area contributed by atoms with E-state index in [1.54, 1.807) is 23.4 Å². The first-order valence-electron chi connectivity index (χ1n) is 8.21. The smallest absolute Gasteiger partial charge is 0.337 e. The summed E-state index contributed by atoms with van der Waals surface area (Å²) in [5.41, 5.74) is 0.610. The zero-order valence-corrected chi connectivity index (χ0v) is 14.8. The molecule has 6 nitrogen and oxygen atoms in total. The number of thiazole rings is 1. The predicted octanol–water partition coefficient (Wildman–Crippen LogP) is 3.07. The molecule has 0 atom stereocenters. The number of hydrogen-bond acceptors (Lipinski definition) is 6. The van der Waals surface area contributed by atoms with Crippen molar-refractivity contribution in [3.8, 4) is 0 Å². The van der Waals surface area contributed by atoms with Crippen LogP contribution in [0.1, 0.15) is 15.4 Å². The number of halogens is 3. The van der Waals surface area contributed by atoms with Gasteiger partial charge in [0.25, 0.3) is 5.91 Å².